The highest BCUT2D eigenvalue weighted by Crippen LogP contribution is 2.27. The number of hydrogen-bond acceptors (Lipinski definition) is 5. The summed E-state index contributed by atoms with van der Waals surface area (Å²) >= 11 is 4.74. The number of nitrogens with zero attached hydrogens (tertiary/aromatic N) is 2. The quantitative estimate of drug-likeness (QED) is 0.441. The molecular formula is C20H14BrN3O2S. The number of nitriles is 1. The van der Waals surface area contributed by atoms with E-state index in [9.17, 15) is 10.1 Å². The number of methoxy groups -OCH3 is 1. The largest absolute Gasteiger partial charge is 0.497 e. The van der Waals surface area contributed by atoms with Crippen LogP contribution >= 0.6 is 27.3 Å². The predicted octanol–water partition coefficient (Wildman–Crippen LogP) is 5.13. The van der Waals surface area contributed by atoms with E-state index in [1.165, 1.54) is 17.4 Å². The van der Waals surface area contributed by atoms with Gasteiger partial charge in [0.2, 0.25) is 0 Å². The van der Waals surface area contributed by atoms with E-state index in [2.05, 4.69) is 26.2 Å². The Morgan fingerprint density at radius 1 is 1.30 bits per heavy atom. The van der Waals surface area contributed by atoms with Crippen LogP contribution in [0.25, 0.3) is 17.3 Å². The van der Waals surface area contributed by atoms with Crippen LogP contribution in [0.5, 0.6) is 5.75 Å². The molecule has 7 heteroatoms. The molecule has 0 spiro atoms. The standard InChI is InChI=1S/C20H14BrN3O2S/c1-26-17-7-5-13(6-8-17)9-15(11-22)19(25)24-20-23-18(12-27-20)14-3-2-4-16(21)10-14/h2-10,12H,1H3,(H,23,24,25)/b15-9+. The second-order valence-corrected chi connectivity index (χ2v) is 7.22. The number of amides is 1. The molecule has 0 aliphatic rings. The lowest BCUT2D eigenvalue weighted by Gasteiger charge is -2.02. The van der Waals surface area contributed by atoms with Crippen molar-refractivity contribution in [2.75, 3.05) is 12.4 Å². The number of carbonyl (C=O) groups excluding carboxylic acids is 1. The fraction of sp³-hybridized carbons (Fsp3) is 0.0500. The van der Waals surface area contributed by atoms with Crippen molar-refractivity contribution in [3.8, 4) is 23.1 Å². The molecule has 1 amide bonds. The molecule has 0 bridgehead atoms. The number of benzene rings is 2. The van der Waals surface area contributed by atoms with E-state index in [4.69, 9.17) is 4.74 Å². The zero-order chi connectivity index (χ0) is 19.2. The van der Waals surface area contributed by atoms with Crippen LogP contribution in [0.15, 0.2) is 64.0 Å². The molecule has 3 rings (SSSR count). The van der Waals surface area contributed by atoms with Crippen LogP contribution < -0.4 is 10.1 Å². The van der Waals surface area contributed by atoms with Gasteiger partial charge in [0.1, 0.15) is 17.4 Å². The van der Waals surface area contributed by atoms with Gasteiger partial charge in [-0.15, -0.1) is 11.3 Å². The maximum atomic E-state index is 12.4. The number of ether oxygens (including phenoxy) is 1. The molecule has 0 atom stereocenters. The molecule has 27 heavy (non-hydrogen) atoms. The maximum absolute atomic E-state index is 12.4. The van der Waals surface area contributed by atoms with Crippen LogP contribution in [0, 0.1) is 11.3 Å². The number of hydrogen-bond donors (Lipinski definition) is 1. The third-order valence-electron chi connectivity index (χ3n) is 3.64. The Morgan fingerprint density at radius 3 is 2.74 bits per heavy atom. The van der Waals surface area contributed by atoms with Crippen LogP contribution in [0.3, 0.4) is 0 Å². The fourth-order valence-corrected chi connectivity index (χ4v) is 3.41. The Balaban J connectivity index is 1.75. The van der Waals surface area contributed by atoms with E-state index in [1.54, 1.807) is 31.4 Å². The van der Waals surface area contributed by atoms with Crippen molar-refractivity contribution in [2.45, 2.75) is 0 Å². The minimum atomic E-state index is -0.497. The molecule has 5 nitrogen and oxygen atoms in total. The normalized spacial score (nSPS) is 10.9. The van der Waals surface area contributed by atoms with Gasteiger partial charge in [0.15, 0.2) is 5.13 Å². The fourth-order valence-electron chi connectivity index (χ4n) is 2.29. The molecule has 1 aromatic heterocycles. The Bertz CT molecular complexity index is 1040. The number of aromatic nitrogens is 1. The summed E-state index contributed by atoms with van der Waals surface area (Å²) in [4.78, 5) is 16.8. The van der Waals surface area contributed by atoms with E-state index in [0.29, 0.717) is 10.9 Å². The van der Waals surface area contributed by atoms with Gasteiger partial charge in [-0.2, -0.15) is 5.26 Å². The summed E-state index contributed by atoms with van der Waals surface area (Å²) in [5, 5.41) is 14.3. The van der Waals surface area contributed by atoms with Gasteiger partial charge < -0.3 is 4.74 Å². The van der Waals surface area contributed by atoms with Crippen LogP contribution in [0.2, 0.25) is 0 Å². The monoisotopic (exact) mass is 439 g/mol. The molecule has 0 saturated heterocycles. The van der Waals surface area contributed by atoms with Gasteiger partial charge in [0.05, 0.1) is 12.8 Å². The molecule has 0 aliphatic heterocycles. The van der Waals surface area contributed by atoms with Gasteiger partial charge in [-0.3, -0.25) is 10.1 Å². The molecule has 3 aromatic rings. The van der Waals surface area contributed by atoms with Gasteiger partial charge in [-0.1, -0.05) is 40.2 Å². The van der Waals surface area contributed by atoms with Crippen LogP contribution in [-0.2, 0) is 4.79 Å². The summed E-state index contributed by atoms with van der Waals surface area (Å²) in [7, 11) is 1.58. The Kier molecular flexibility index (Phi) is 6.01. The van der Waals surface area contributed by atoms with Gasteiger partial charge in [0.25, 0.3) is 5.91 Å². The zero-order valence-corrected chi connectivity index (χ0v) is 16.7. The Labute approximate surface area is 169 Å². The van der Waals surface area contributed by atoms with Gasteiger partial charge >= 0.3 is 0 Å². The average molecular weight is 440 g/mol. The van der Waals surface area contributed by atoms with Crippen molar-refractivity contribution < 1.29 is 9.53 Å². The second kappa shape index (κ2) is 8.62. The van der Waals surface area contributed by atoms with Gasteiger partial charge in [0, 0.05) is 15.4 Å². The smallest absolute Gasteiger partial charge is 0.268 e. The van der Waals surface area contributed by atoms with Crippen LogP contribution in [0.1, 0.15) is 5.56 Å². The summed E-state index contributed by atoms with van der Waals surface area (Å²) in [6.45, 7) is 0. The first-order valence-electron chi connectivity index (χ1n) is 7.87. The van der Waals surface area contributed by atoms with E-state index in [-0.39, 0.29) is 5.57 Å². The maximum Gasteiger partial charge on any atom is 0.268 e. The number of carbonyl (C=O) groups is 1. The van der Waals surface area contributed by atoms with Crippen molar-refractivity contribution >= 4 is 44.4 Å². The van der Waals surface area contributed by atoms with Crippen molar-refractivity contribution in [1.82, 2.24) is 4.98 Å². The third-order valence-corrected chi connectivity index (χ3v) is 4.89. The van der Waals surface area contributed by atoms with Crippen molar-refractivity contribution in [3.63, 3.8) is 0 Å². The summed E-state index contributed by atoms with van der Waals surface area (Å²) < 4.78 is 6.05. The number of anilines is 1. The average Bonchev–Trinajstić information content (AvgIpc) is 3.15. The zero-order valence-electron chi connectivity index (χ0n) is 14.3. The Morgan fingerprint density at radius 2 is 2.07 bits per heavy atom. The molecule has 134 valence electrons. The highest BCUT2D eigenvalue weighted by atomic mass is 79.9. The molecule has 0 fully saturated rings. The molecule has 0 unspecified atom stereocenters. The number of nitrogens with one attached hydrogen (secondary N) is 1. The minimum absolute atomic E-state index is 0.000581. The number of halogens is 1. The number of thiazole rings is 1. The molecule has 0 aliphatic carbocycles. The van der Waals surface area contributed by atoms with Crippen molar-refractivity contribution in [2.24, 2.45) is 0 Å². The molecule has 0 saturated carbocycles. The van der Waals surface area contributed by atoms with E-state index in [1.807, 2.05) is 35.7 Å². The highest BCUT2D eigenvalue weighted by molar-refractivity contribution is 9.10. The van der Waals surface area contributed by atoms with E-state index < -0.39 is 5.91 Å². The third kappa shape index (κ3) is 4.82. The highest BCUT2D eigenvalue weighted by Gasteiger charge is 2.13. The summed E-state index contributed by atoms with van der Waals surface area (Å²) in [5.74, 6) is 0.210. The SMILES string of the molecule is COc1ccc(/C=C(\C#N)C(=O)Nc2nc(-c3cccc(Br)c3)cs2)cc1. The number of rotatable bonds is 5. The molecule has 1 N–H and O–H groups in total. The first-order valence-corrected chi connectivity index (χ1v) is 9.55. The van der Waals surface area contributed by atoms with Crippen molar-refractivity contribution in [3.05, 3.63) is 69.5 Å². The molecule has 1 heterocycles. The lowest BCUT2D eigenvalue weighted by Crippen LogP contribution is -2.13. The van der Waals surface area contributed by atoms with Gasteiger partial charge in [-0.25, -0.2) is 4.98 Å². The first kappa shape index (κ1) is 18.8. The van der Waals surface area contributed by atoms with Crippen LogP contribution in [0.4, 0.5) is 5.13 Å². The van der Waals surface area contributed by atoms with Crippen LogP contribution in [-0.4, -0.2) is 18.0 Å². The lowest BCUT2D eigenvalue weighted by atomic mass is 10.1. The summed E-state index contributed by atoms with van der Waals surface area (Å²) in [5.41, 5.74) is 2.43. The van der Waals surface area contributed by atoms with Crippen molar-refractivity contribution in [1.29, 1.82) is 5.26 Å². The van der Waals surface area contributed by atoms with E-state index >= 15 is 0 Å². The van der Waals surface area contributed by atoms with Gasteiger partial charge in [-0.05, 0) is 35.9 Å². The lowest BCUT2D eigenvalue weighted by molar-refractivity contribution is -0.112. The predicted molar refractivity (Wildman–Crippen MR) is 110 cm³/mol. The summed E-state index contributed by atoms with van der Waals surface area (Å²) in [6.07, 6.45) is 1.53. The second-order valence-electron chi connectivity index (χ2n) is 5.45. The molecular weight excluding hydrogens is 426 g/mol. The Hall–Kier alpha value is -2.95. The minimum Gasteiger partial charge on any atom is -0.497 e. The molecule has 2 aromatic carbocycles. The molecule has 0 radical (unpaired) electrons. The summed E-state index contributed by atoms with van der Waals surface area (Å²) in [6, 6.07) is 16.8. The topological polar surface area (TPSA) is 75.0 Å². The van der Waals surface area contributed by atoms with E-state index in [0.717, 1.165) is 21.3 Å². The first-order chi connectivity index (χ1) is 13.1.